The molecule has 1 aliphatic rings. The van der Waals surface area contributed by atoms with Crippen molar-refractivity contribution in [3.63, 3.8) is 0 Å². The third-order valence-electron chi connectivity index (χ3n) is 4.00. The van der Waals surface area contributed by atoms with Gasteiger partial charge in [0.15, 0.2) is 0 Å². The van der Waals surface area contributed by atoms with E-state index in [0.29, 0.717) is 0 Å². The number of ether oxygens (including phenoxy) is 1. The number of allylic oxidation sites excluding steroid dienone is 1. The summed E-state index contributed by atoms with van der Waals surface area (Å²) in [7, 11) is 0. The molecule has 21 heavy (non-hydrogen) atoms. The second kappa shape index (κ2) is 8.45. The van der Waals surface area contributed by atoms with Gasteiger partial charge in [0, 0.05) is 18.1 Å². The Balaban J connectivity index is 1.76. The van der Waals surface area contributed by atoms with E-state index in [4.69, 9.17) is 16.3 Å². The summed E-state index contributed by atoms with van der Waals surface area (Å²) in [6.45, 7) is 10.5. The zero-order valence-electron chi connectivity index (χ0n) is 13.0. The first-order valence-electron chi connectivity index (χ1n) is 7.93. The van der Waals surface area contributed by atoms with Gasteiger partial charge in [-0.1, -0.05) is 24.6 Å². The van der Waals surface area contributed by atoms with Gasteiger partial charge in [0.25, 0.3) is 0 Å². The number of benzene rings is 1. The molecule has 1 atom stereocenters. The molecule has 2 rings (SSSR count). The molecule has 0 N–H and O–H groups in total. The summed E-state index contributed by atoms with van der Waals surface area (Å²) in [5.74, 6) is 1.78. The monoisotopic (exact) mass is 307 g/mol. The molecule has 1 fully saturated rings. The van der Waals surface area contributed by atoms with Gasteiger partial charge in [0.1, 0.15) is 5.75 Å². The van der Waals surface area contributed by atoms with E-state index in [0.717, 1.165) is 48.2 Å². The molecular formula is C18H26ClNO. The Hall–Kier alpha value is -0.990. The van der Waals surface area contributed by atoms with Crippen molar-refractivity contribution in [1.29, 1.82) is 0 Å². The van der Waals surface area contributed by atoms with Gasteiger partial charge in [-0.25, -0.2) is 0 Å². The molecule has 0 aliphatic carbocycles. The number of halogens is 1. The number of hydrogen-bond acceptors (Lipinski definition) is 2. The quantitative estimate of drug-likeness (QED) is 0.540. The summed E-state index contributed by atoms with van der Waals surface area (Å²) in [6.07, 6.45) is 6.46. The Bertz CT molecular complexity index is 461. The van der Waals surface area contributed by atoms with Crippen LogP contribution in [0.5, 0.6) is 5.75 Å². The molecule has 1 aliphatic heterocycles. The molecule has 0 spiro atoms. The van der Waals surface area contributed by atoms with E-state index in [1.807, 2.05) is 24.3 Å². The van der Waals surface area contributed by atoms with E-state index in [1.54, 1.807) is 0 Å². The fraction of sp³-hybridized carbons (Fsp3) is 0.556. The first kappa shape index (κ1) is 16.4. The van der Waals surface area contributed by atoms with E-state index < -0.39 is 0 Å². The molecule has 0 amide bonds. The summed E-state index contributed by atoms with van der Waals surface area (Å²) >= 11 is 6.03. The Morgan fingerprint density at radius 1 is 1.48 bits per heavy atom. The molecule has 0 bridgehead atoms. The number of nitrogens with zero attached hydrogens (tertiary/aromatic N) is 1. The van der Waals surface area contributed by atoms with Gasteiger partial charge in [-0.05, 0) is 61.9 Å². The Kier molecular flexibility index (Phi) is 6.59. The van der Waals surface area contributed by atoms with Crippen LogP contribution in [0.15, 0.2) is 30.9 Å². The molecule has 0 aromatic heterocycles. The Morgan fingerprint density at radius 2 is 2.33 bits per heavy atom. The van der Waals surface area contributed by atoms with Crippen LogP contribution in [0.1, 0.15) is 31.7 Å². The van der Waals surface area contributed by atoms with Crippen LogP contribution in [0.2, 0.25) is 5.02 Å². The highest BCUT2D eigenvalue weighted by Crippen LogP contribution is 2.24. The molecule has 0 saturated carbocycles. The minimum atomic E-state index is 0.751. The maximum Gasteiger partial charge on any atom is 0.122 e. The highest BCUT2D eigenvalue weighted by molar-refractivity contribution is 6.30. The van der Waals surface area contributed by atoms with Crippen LogP contribution in [-0.4, -0.2) is 31.1 Å². The highest BCUT2D eigenvalue weighted by Gasteiger charge is 2.15. The first-order chi connectivity index (χ1) is 10.2. The van der Waals surface area contributed by atoms with Crippen LogP contribution in [0, 0.1) is 5.92 Å². The van der Waals surface area contributed by atoms with Gasteiger partial charge in [0.2, 0.25) is 0 Å². The summed E-state index contributed by atoms with van der Waals surface area (Å²) in [5, 5.41) is 0.751. The summed E-state index contributed by atoms with van der Waals surface area (Å²) in [6, 6.07) is 5.81. The van der Waals surface area contributed by atoms with E-state index in [-0.39, 0.29) is 0 Å². The first-order valence-corrected chi connectivity index (χ1v) is 8.31. The highest BCUT2D eigenvalue weighted by atomic mass is 35.5. The molecule has 1 saturated heterocycles. The molecule has 3 heteroatoms. The molecule has 1 aromatic carbocycles. The minimum absolute atomic E-state index is 0.751. The topological polar surface area (TPSA) is 12.5 Å². The smallest absolute Gasteiger partial charge is 0.122 e. The zero-order chi connectivity index (χ0) is 15.1. The van der Waals surface area contributed by atoms with Crippen molar-refractivity contribution < 1.29 is 4.74 Å². The SMILES string of the molecule is C=CCc1cc(Cl)ccc1OCCCN1CCCC(C)C1. The fourth-order valence-corrected chi connectivity index (χ4v) is 3.16. The maximum absolute atomic E-state index is 6.03. The van der Waals surface area contributed by atoms with Crippen LogP contribution < -0.4 is 4.74 Å². The van der Waals surface area contributed by atoms with E-state index >= 15 is 0 Å². The predicted molar refractivity (Wildman–Crippen MR) is 90.3 cm³/mol. The molecule has 116 valence electrons. The summed E-state index contributed by atoms with van der Waals surface area (Å²) in [5.41, 5.74) is 1.11. The number of piperidine rings is 1. The van der Waals surface area contributed by atoms with Crippen LogP contribution in [0.3, 0.4) is 0 Å². The average Bonchev–Trinajstić information content (AvgIpc) is 2.46. The maximum atomic E-state index is 6.03. The lowest BCUT2D eigenvalue weighted by Crippen LogP contribution is -2.35. The largest absolute Gasteiger partial charge is 0.493 e. The zero-order valence-corrected chi connectivity index (χ0v) is 13.7. The third-order valence-corrected chi connectivity index (χ3v) is 4.24. The van der Waals surface area contributed by atoms with E-state index in [1.165, 1.54) is 25.9 Å². The van der Waals surface area contributed by atoms with Crippen LogP contribution in [0.4, 0.5) is 0 Å². The van der Waals surface area contributed by atoms with Crippen molar-refractivity contribution in [2.24, 2.45) is 5.92 Å². The van der Waals surface area contributed by atoms with Gasteiger partial charge < -0.3 is 9.64 Å². The molecule has 1 aromatic rings. The lowest BCUT2D eigenvalue weighted by molar-refractivity contribution is 0.170. The second-order valence-electron chi connectivity index (χ2n) is 5.99. The van der Waals surface area contributed by atoms with E-state index in [9.17, 15) is 0 Å². The van der Waals surface area contributed by atoms with Gasteiger partial charge in [0.05, 0.1) is 6.61 Å². The van der Waals surface area contributed by atoms with Gasteiger partial charge in [-0.15, -0.1) is 6.58 Å². The summed E-state index contributed by atoms with van der Waals surface area (Å²) in [4.78, 5) is 2.56. The summed E-state index contributed by atoms with van der Waals surface area (Å²) < 4.78 is 5.93. The fourth-order valence-electron chi connectivity index (χ4n) is 2.96. The van der Waals surface area contributed by atoms with Crippen LogP contribution in [-0.2, 0) is 6.42 Å². The minimum Gasteiger partial charge on any atom is -0.493 e. The lowest BCUT2D eigenvalue weighted by atomic mass is 10.0. The predicted octanol–water partition coefficient (Wildman–Crippen LogP) is 4.57. The number of rotatable bonds is 7. The van der Waals surface area contributed by atoms with E-state index in [2.05, 4.69) is 18.4 Å². The van der Waals surface area contributed by atoms with Crippen molar-refractivity contribution in [2.75, 3.05) is 26.2 Å². The number of hydrogen-bond donors (Lipinski definition) is 0. The third kappa shape index (κ3) is 5.37. The van der Waals surface area contributed by atoms with Crippen molar-refractivity contribution >= 4 is 11.6 Å². The molecule has 1 unspecified atom stereocenters. The number of likely N-dealkylation sites (tertiary alicyclic amines) is 1. The van der Waals surface area contributed by atoms with Crippen molar-refractivity contribution in [1.82, 2.24) is 4.90 Å². The van der Waals surface area contributed by atoms with Gasteiger partial charge in [-0.2, -0.15) is 0 Å². The average molecular weight is 308 g/mol. The normalized spacial score (nSPS) is 19.4. The van der Waals surface area contributed by atoms with Gasteiger partial charge >= 0.3 is 0 Å². The van der Waals surface area contributed by atoms with Crippen molar-refractivity contribution in [3.8, 4) is 5.75 Å². The molecule has 0 radical (unpaired) electrons. The standard InChI is InChI=1S/C18H26ClNO/c1-3-6-16-13-17(19)8-9-18(16)21-12-5-11-20-10-4-7-15(2)14-20/h3,8-9,13,15H,1,4-7,10-12,14H2,2H3. The Morgan fingerprint density at radius 3 is 3.10 bits per heavy atom. The molecular weight excluding hydrogens is 282 g/mol. The van der Waals surface area contributed by atoms with Gasteiger partial charge in [-0.3, -0.25) is 0 Å². The van der Waals surface area contributed by atoms with Crippen molar-refractivity contribution in [3.05, 3.63) is 41.4 Å². The Labute approximate surface area is 133 Å². The van der Waals surface area contributed by atoms with Crippen molar-refractivity contribution in [2.45, 2.75) is 32.6 Å². The molecule has 2 nitrogen and oxygen atoms in total. The lowest BCUT2D eigenvalue weighted by Gasteiger charge is -2.30. The second-order valence-corrected chi connectivity index (χ2v) is 6.43. The molecule has 1 heterocycles. The van der Waals surface area contributed by atoms with Crippen LogP contribution >= 0.6 is 11.6 Å². The van der Waals surface area contributed by atoms with Crippen LogP contribution in [0.25, 0.3) is 0 Å².